The molecule has 3 aromatic rings. The fourth-order valence-electron chi connectivity index (χ4n) is 2.60. The molecular weight excluding hydrogens is 323 g/mol. The summed E-state index contributed by atoms with van der Waals surface area (Å²) in [6.07, 6.45) is -4.45. The van der Waals surface area contributed by atoms with Crippen molar-refractivity contribution in [2.75, 3.05) is 0 Å². The molecule has 3 heterocycles. The first-order valence-corrected chi connectivity index (χ1v) is 8.04. The molecule has 0 radical (unpaired) electrons. The summed E-state index contributed by atoms with van der Waals surface area (Å²) in [5.41, 5.74) is 0.300. The highest BCUT2D eigenvalue weighted by atomic mass is 32.1. The Balaban J connectivity index is 2.38. The van der Waals surface area contributed by atoms with E-state index >= 15 is 0 Å². The molecule has 3 rings (SSSR count). The normalized spacial score (nSPS) is 12.5. The molecule has 0 bridgehead atoms. The number of alkyl halides is 3. The van der Waals surface area contributed by atoms with Crippen LogP contribution < -0.4 is 0 Å². The first-order chi connectivity index (χ1) is 10.7. The summed E-state index contributed by atoms with van der Waals surface area (Å²) in [7, 11) is 0. The number of aryl methyl sites for hydroxylation is 2. The van der Waals surface area contributed by atoms with Gasteiger partial charge in [-0.15, -0.1) is 11.3 Å². The molecule has 0 unspecified atom stereocenters. The van der Waals surface area contributed by atoms with Gasteiger partial charge in [0.15, 0.2) is 5.65 Å². The lowest BCUT2D eigenvalue weighted by molar-refractivity contribution is -0.136. The summed E-state index contributed by atoms with van der Waals surface area (Å²) >= 11 is 1.43. The Labute approximate surface area is 135 Å². The SMILES string of the molecule is Cc1ccc(-c2cc(C(F)(F)F)c3c(C)nn(C(C)C)c3n2)s1. The van der Waals surface area contributed by atoms with Crippen LogP contribution in [0.1, 0.15) is 36.0 Å². The highest BCUT2D eigenvalue weighted by molar-refractivity contribution is 7.15. The minimum Gasteiger partial charge on any atom is -0.244 e. The van der Waals surface area contributed by atoms with Gasteiger partial charge in [0.2, 0.25) is 0 Å². The molecule has 0 aliphatic rings. The predicted molar refractivity (Wildman–Crippen MR) is 85.7 cm³/mol. The van der Waals surface area contributed by atoms with Gasteiger partial charge in [0.1, 0.15) is 0 Å². The van der Waals surface area contributed by atoms with Crippen LogP contribution in [0, 0.1) is 13.8 Å². The molecule has 23 heavy (non-hydrogen) atoms. The second-order valence-corrected chi connectivity index (χ2v) is 7.07. The smallest absolute Gasteiger partial charge is 0.244 e. The van der Waals surface area contributed by atoms with Crippen LogP contribution in [0.15, 0.2) is 18.2 Å². The van der Waals surface area contributed by atoms with Crippen LogP contribution in [0.5, 0.6) is 0 Å². The molecule has 0 N–H and O–H groups in total. The van der Waals surface area contributed by atoms with Gasteiger partial charge in [-0.05, 0) is 45.9 Å². The number of rotatable bonds is 2. The molecule has 0 spiro atoms. The number of nitrogens with zero attached hydrogens (tertiary/aromatic N) is 3. The first-order valence-electron chi connectivity index (χ1n) is 7.22. The summed E-state index contributed by atoms with van der Waals surface area (Å²) in [6, 6.07) is 4.74. The quantitative estimate of drug-likeness (QED) is 0.628. The summed E-state index contributed by atoms with van der Waals surface area (Å²) < 4.78 is 42.2. The second-order valence-electron chi connectivity index (χ2n) is 5.79. The molecule has 0 aromatic carbocycles. The van der Waals surface area contributed by atoms with E-state index in [0.29, 0.717) is 11.4 Å². The van der Waals surface area contributed by atoms with Crippen molar-refractivity contribution in [3.63, 3.8) is 0 Å². The van der Waals surface area contributed by atoms with Gasteiger partial charge in [0.05, 0.1) is 27.2 Å². The molecule has 0 atom stereocenters. The summed E-state index contributed by atoms with van der Waals surface area (Å²) in [4.78, 5) is 6.24. The largest absolute Gasteiger partial charge is 0.417 e. The lowest BCUT2D eigenvalue weighted by Crippen LogP contribution is -2.08. The van der Waals surface area contributed by atoms with Crippen LogP contribution >= 0.6 is 11.3 Å². The van der Waals surface area contributed by atoms with Gasteiger partial charge in [0.25, 0.3) is 0 Å². The Bertz CT molecular complexity index is 875. The van der Waals surface area contributed by atoms with Crippen LogP contribution in [0.2, 0.25) is 0 Å². The maximum Gasteiger partial charge on any atom is 0.417 e. The van der Waals surface area contributed by atoms with E-state index < -0.39 is 11.7 Å². The van der Waals surface area contributed by atoms with Crippen molar-refractivity contribution < 1.29 is 13.2 Å². The molecule has 0 aliphatic heterocycles. The third kappa shape index (κ3) is 2.73. The van der Waals surface area contributed by atoms with Gasteiger partial charge >= 0.3 is 6.18 Å². The average molecular weight is 339 g/mol. The average Bonchev–Trinajstić information content (AvgIpc) is 3.01. The van der Waals surface area contributed by atoms with Crippen LogP contribution in [0.3, 0.4) is 0 Å². The fraction of sp³-hybridized carbons (Fsp3) is 0.375. The van der Waals surface area contributed by atoms with E-state index in [9.17, 15) is 13.2 Å². The highest BCUT2D eigenvalue weighted by Crippen LogP contribution is 2.39. The molecule has 122 valence electrons. The van der Waals surface area contributed by atoms with E-state index in [4.69, 9.17) is 0 Å². The first kappa shape index (κ1) is 16.0. The molecule has 0 aliphatic carbocycles. The van der Waals surface area contributed by atoms with Crippen molar-refractivity contribution in [2.45, 2.75) is 39.9 Å². The van der Waals surface area contributed by atoms with E-state index in [-0.39, 0.29) is 17.1 Å². The van der Waals surface area contributed by atoms with Crippen LogP contribution in [0.4, 0.5) is 13.2 Å². The van der Waals surface area contributed by atoms with Crippen molar-refractivity contribution in [1.29, 1.82) is 0 Å². The Morgan fingerprint density at radius 3 is 2.39 bits per heavy atom. The number of hydrogen-bond donors (Lipinski definition) is 0. The molecule has 3 nitrogen and oxygen atoms in total. The van der Waals surface area contributed by atoms with Crippen molar-refractivity contribution in [2.24, 2.45) is 0 Å². The van der Waals surface area contributed by atoms with E-state index in [2.05, 4.69) is 10.1 Å². The molecule has 3 aromatic heterocycles. The minimum absolute atomic E-state index is 0.0693. The van der Waals surface area contributed by atoms with Gasteiger partial charge in [-0.2, -0.15) is 18.3 Å². The standard InChI is InChI=1S/C16H16F3N3S/c1-8(2)22-15-14(10(4)21-22)11(16(17,18)19)7-12(20-15)13-6-5-9(3)23-13/h5-8H,1-4H3. The van der Waals surface area contributed by atoms with Crippen LogP contribution in [-0.2, 0) is 6.18 Å². The number of pyridine rings is 1. The number of halogens is 3. The maximum atomic E-state index is 13.5. The van der Waals surface area contributed by atoms with Crippen LogP contribution in [-0.4, -0.2) is 14.8 Å². The number of aromatic nitrogens is 3. The monoisotopic (exact) mass is 339 g/mol. The molecule has 0 saturated heterocycles. The van der Waals surface area contributed by atoms with E-state index in [1.807, 2.05) is 26.8 Å². The van der Waals surface area contributed by atoms with Gasteiger partial charge in [-0.25, -0.2) is 9.67 Å². The predicted octanol–water partition coefficient (Wildman–Crippen LogP) is 5.38. The van der Waals surface area contributed by atoms with E-state index in [1.54, 1.807) is 17.7 Å². The molecular formula is C16H16F3N3S. The number of fused-ring (bicyclic) bond motifs is 1. The molecule has 0 amide bonds. The summed E-state index contributed by atoms with van der Waals surface area (Å²) in [5, 5.41) is 4.35. The van der Waals surface area contributed by atoms with Crippen molar-refractivity contribution in [1.82, 2.24) is 14.8 Å². The van der Waals surface area contributed by atoms with Crippen molar-refractivity contribution in [3.8, 4) is 10.6 Å². The topological polar surface area (TPSA) is 30.7 Å². The number of thiophene rings is 1. The van der Waals surface area contributed by atoms with Crippen molar-refractivity contribution in [3.05, 3.63) is 34.3 Å². The maximum absolute atomic E-state index is 13.5. The third-order valence-corrected chi connectivity index (χ3v) is 4.65. The third-order valence-electron chi connectivity index (χ3n) is 3.62. The Kier molecular flexibility index (Phi) is 3.71. The summed E-state index contributed by atoms with van der Waals surface area (Å²) in [5.74, 6) is 0. The zero-order valence-electron chi connectivity index (χ0n) is 13.2. The zero-order chi connectivity index (χ0) is 16.9. The highest BCUT2D eigenvalue weighted by Gasteiger charge is 2.36. The Hall–Kier alpha value is -1.89. The Morgan fingerprint density at radius 1 is 1.17 bits per heavy atom. The van der Waals surface area contributed by atoms with Gasteiger partial charge in [-0.1, -0.05) is 0 Å². The van der Waals surface area contributed by atoms with Gasteiger partial charge in [-0.3, -0.25) is 0 Å². The van der Waals surface area contributed by atoms with Gasteiger partial charge in [0, 0.05) is 10.9 Å². The fourth-order valence-corrected chi connectivity index (χ4v) is 3.42. The lowest BCUT2D eigenvalue weighted by atomic mass is 10.1. The molecule has 0 fully saturated rings. The van der Waals surface area contributed by atoms with Crippen molar-refractivity contribution >= 4 is 22.4 Å². The van der Waals surface area contributed by atoms with Gasteiger partial charge < -0.3 is 0 Å². The number of hydrogen-bond acceptors (Lipinski definition) is 3. The van der Waals surface area contributed by atoms with E-state index in [1.165, 1.54) is 11.3 Å². The molecule has 7 heteroatoms. The lowest BCUT2D eigenvalue weighted by Gasteiger charge is -2.12. The second kappa shape index (κ2) is 5.33. The summed E-state index contributed by atoms with van der Waals surface area (Å²) in [6.45, 7) is 7.26. The zero-order valence-corrected chi connectivity index (χ0v) is 14.0. The minimum atomic E-state index is -4.45. The van der Waals surface area contributed by atoms with Crippen LogP contribution in [0.25, 0.3) is 21.6 Å². The molecule has 0 saturated carbocycles. The Morgan fingerprint density at radius 2 is 1.87 bits per heavy atom. The van der Waals surface area contributed by atoms with E-state index in [0.717, 1.165) is 15.8 Å².